The van der Waals surface area contributed by atoms with Gasteiger partial charge in [0.15, 0.2) is 17.3 Å². The fraction of sp³-hybridized carbons (Fsp3) is 0.190. The van der Waals surface area contributed by atoms with E-state index >= 15 is 0 Å². The summed E-state index contributed by atoms with van der Waals surface area (Å²) >= 11 is 0. The first-order valence-corrected chi connectivity index (χ1v) is 8.34. The second-order valence-electron chi connectivity index (χ2n) is 6.02. The van der Waals surface area contributed by atoms with Crippen LogP contribution in [0.2, 0.25) is 0 Å². The Bertz CT molecular complexity index is 934. The van der Waals surface area contributed by atoms with Gasteiger partial charge in [-0.3, -0.25) is 4.79 Å². The Hall–Kier alpha value is -3.28. The summed E-state index contributed by atoms with van der Waals surface area (Å²) in [5, 5.41) is 0. The van der Waals surface area contributed by atoms with Gasteiger partial charge in [-0.15, -0.1) is 0 Å². The van der Waals surface area contributed by atoms with E-state index in [1.807, 2.05) is 12.1 Å². The third-order valence-corrected chi connectivity index (χ3v) is 4.16. The Labute approximate surface area is 156 Å². The monoisotopic (exact) mass is 369 g/mol. The quantitative estimate of drug-likeness (QED) is 0.647. The van der Waals surface area contributed by atoms with Crippen LogP contribution in [-0.2, 0) is 6.54 Å². The van der Waals surface area contributed by atoms with Crippen LogP contribution in [-0.4, -0.2) is 32.1 Å². The zero-order valence-electron chi connectivity index (χ0n) is 15.4. The van der Waals surface area contributed by atoms with Crippen molar-refractivity contribution < 1.29 is 23.1 Å². The fourth-order valence-electron chi connectivity index (χ4n) is 2.73. The van der Waals surface area contributed by atoms with Crippen LogP contribution in [0.4, 0.5) is 4.39 Å². The van der Waals surface area contributed by atoms with Gasteiger partial charge in [0.05, 0.1) is 14.2 Å². The lowest BCUT2D eigenvalue weighted by Gasteiger charge is -2.17. The average molecular weight is 369 g/mol. The number of carbonyl (C=O) groups is 1. The number of nitrogens with zero attached hydrogens (tertiary/aromatic N) is 1. The van der Waals surface area contributed by atoms with Gasteiger partial charge in [0, 0.05) is 19.2 Å². The molecule has 0 radical (unpaired) electrons. The molecule has 1 amide bonds. The standard InChI is InChI=1S/C21H20FNO4/c1-23(13-14-4-9-18(25-2)20(12-14)26-3)21(24)19-11-10-17(27-19)15-5-7-16(22)8-6-15/h4-12H,13H2,1-3H3. The van der Waals surface area contributed by atoms with Gasteiger partial charge in [-0.05, 0) is 54.1 Å². The third-order valence-electron chi connectivity index (χ3n) is 4.16. The topological polar surface area (TPSA) is 51.9 Å². The van der Waals surface area contributed by atoms with Crippen LogP contribution in [0.25, 0.3) is 11.3 Å². The maximum Gasteiger partial charge on any atom is 0.289 e. The third kappa shape index (κ3) is 4.11. The molecule has 3 rings (SSSR count). The van der Waals surface area contributed by atoms with Gasteiger partial charge in [0.25, 0.3) is 5.91 Å². The Morgan fingerprint density at radius 3 is 2.37 bits per heavy atom. The Kier molecular flexibility index (Phi) is 5.45. The minimum atomic E-state index is -0.323. The van der Waals surface area contributed by atoms with Gasteiger partial charge in [0.2, 0.25) is 0 Å². The molecule has 1 aromatic heterocycles. The van der Waals surface area contributed by atoms with Gasteiger partial charge in [0.1, 0.15) is 11.6 Å². The van der Waals surface area contributed by atoms with E-state index in [-0.39, 0.29) is 17.5 Å². The van der Waals surface area contributed by atoms with Crippen molar-refractivity contribution in [2.45, 2.75) is 6.54 Å². The van der Waals surface area contributed by atoms with Gasteiger partial charge in [-0.2, -0.15) is 0 Å². The summed E-state index contributed by atoms with van der Waals surface area (Å²) < 4.78 is 29.2. The maximum absolute atomic E-state index is 13.0. The Morgan fingerprint density at radius 2 is 1.70 bits per heavy atom. The van der Waals surface area contributed by atoms with Crippen molar-refractivity contribution >= 4 is 5.91 Å². The van der Waals surface area contributed by atoms with E-state index < -0.39 is 0 Å². The molecule has 5 nitrogen and oxygen atoms in total. The minimum Gasteiger partial charge on any atom is -0.493 e. The number of carbonyl (C=O) groups excluding carboxylic acids is 1. The van der Waals surface area contributed by atoms with Crippen molar-refractivity contribution in [3.8, 4) is 22.8 Å². The van der Waals surface area contributed by atoms with E-state index in [0.717, 1.165) is 5.56 Å². The van der Waals surface area contributed by atoms with Crippen LogP contribution in [0.3, 0.4) is 0 Å². The first-order valence-electron chi connectivity index (χ1n) is 8.34. The highest BCUT2D eigenvalue weighted by Gasteiger charge is 2.17. The number of furan rings is 1. The lowest BCUT2D eigenvalue weighted by atomic mass is 10.2. The molecule has 0 N–H and O–H groups in total. The molecule has 3 aromatic rings. The van der Waals surface area contributed by atoms with E-state index in [2.05, 4.69) is 0 Å². The minimum absolute atomic E-state index is 0.220. The summed E-state index contributed by atoms with van der Waals surface area (Å²) in [5.74, 6) is 1.39. The van der Waals surface area contributed by atoms with Gasteiger partial charge >= 0.3 is 0 Å². The number of methoxy groups -OCH3 is 2. The molecule has 0 aliphatic heterocycles. The highest BCUT2D eigenvalue weighted by atomic mass is 19.1. The van der Waals surface area contributed by atoms with E-state index in [0.29, 0.717) is 29.4 Å². The largest absolute Gasteiger partial charge is 0.493 e. The van der Waals surface area contributed by atoms with Crippen molar-refractivity contribution in [3.63, 3.8) is 0 Å². The first kappa shape index (κ1) is 18.5. The van der Waals surface area contributed by atoms with Gasteiger partial charge < -0.3 is 18.8 Å². The molecule has 0 fully saturated rings. The molecule has 0 saturated heterocycles. The number of amides is 1. The summed E-state index contributed by atoms with van der Waals surface area (Å²) in [5.41, 5.74) is 1.60. The lowest BCUT2D eigenvalue weighted by molar-refractivity contribution is 0.0754. The molecule has 140 valence electrons. The van der Waals surface area contributed by atoms with E-state index in [9.17, 15) is 9.18 Å². The van der Waals surface area contributed by atoms with E-state index in [4.69, 9.17) is 13.9 Å². The van der Waals surface area contributed by atoms with Crippen molar-refractivity contribution in [1.29, 1.82) is 0 Å². The fourth-order valence-corrected chi connectivity index (χ4v) is 2.73. The van der Waals surface area contributed by atoms with Crippen LogP contribution < -0.4 is 9.47 Å². The molecule has 27 heavy (non-hydrogen) atoms. The van der Waals surface area contributed by atoms with E-state index in [1.54, 1.807) is 56.5 Å². The molecular weight excluding hydrogens is 349 g/mol. The number of ether oxygens (including phenoxy) is 2. The molecule has 0 aliphatic carbocycles. The number of benzene rings is 2. The van der Waals surface area contributed by atoms with Crippen molar-refractivity contribution in [2.24, 2.45) is 0 Å². The SMILES string of the molecule is COc1ccc(CN(C)C(=O)c2ccc(-c3ccc(F)cc3)o2)cc1OC. The van der Waals surface area contributed by atoms with Crippen LogP contribution in [0.15, 0.2) is 59.0 Å². The molecule has 1 heterocycles. The smallest absolute Gasteiger partial charge is 0.289 e. The molecule has 6 heteroatoms. The molecule has 0 atom stereocenters. The van der Waals surface area contributed by atoms with Crippen LogP contribution in [0.1, 0.15) is 16.1 Å². The normalized spacial score (nSPS) is 10.5. The molecule has 0 unspecified atom stereocenters. The number of hydrogen-bond acceptors (Lipinski definition) is 4. The molecular formula is C21H20FNO4. The summed E-state index contributed by atoms with van der Waals surface area (Å²) in [6, 6.07) is 14.7. The molecule has 0 bridgehead atoms. The Balaban J connectivity index is 1.73. The van der Waals surface area contributed by atoms with Crippen molar-refractivity contribution in [3.05, 3.63) is 71.7 Å². The van der Waals surface area contributed by atoms with Crippen LogP contribution in [0.5, 0.6) is 11.5 Å². The summed E-state index contributed by atoms with van der Waals surface area (Å²) in [4.78, 5) is 14.2. The summed E-state index contributed by atoms with van der Waals surface area (Å²) in [7, 11) is 4.83. The van der Waals surface area contributed by atoms with Gasteiger partial charge in [-0.1, -0.05) is 6.07 Å². The maximum atomic E-state index is 13.0. The highest BCUT2D eigenvalue weighted by Crippen LogP contribution is 2.28. The van der Waals surface area contributed by atoms with Crippen molar-refractivity contribution in [2.75, 3.05) is 21.3 Å². The number of rotatable bonds is 6. The first-order chi connectivity index (χ1) is 13.0. The Morgan fingerprint density at radius 1 is 1.00 bits per heavy atom. The zero-order chi connectivity index (χ0) is 19.4. The molecule has 0 saturated carbocycles. The number of hydrogen-bond donors (Lipinski definition) is 0. The van der Waals surface area contributed by atoms with Crippen molar-refractivity contribution in [1.82, 2.24) is 4.90 Å². The lowest BCUT2D eigenvalue weighted by Crippen LogP contribution is -2.25. The van der Waals surface area contributed by atoms with Gasteiger partial charge in [-0.25, -0.2) is 4.39 Å². The highest BCUT2D eigenvalue weighted by molar-refractivity contribution is 5.91. The molecule has 2 aromatic carbocycles. The average Bonchev–Trinajstić information content (AvgIpc) is 3.17. The second kappa shape index (κ2) is 7.95. The second-order valence-corrected chi connectivity index (χ2v) is 6.02. The molecule has 0 spiro atoms. The summed E-state index contributed by atoms with van der Waals surface area (Å²) in [6.07, 6.45) is 0. The predicted molar refractivity (Wildman–Crippen MR) is 99.4 cm³/mol. The number of halogens is 1. The van der Waals surface area contributed by atoms with Crippen LogP contribution >= 0.6 is 0 Å². The zero-order valence-corrected chi connectivity index (χ0v) is 15.4. The summed E-state index contributed by atoms with van der Waals surface area (Å²) in [6.45, 7) is 0.381. The van der Waals surface area contributed by atoms with E-state index in [1.165, 1.54) is 12.1 Å². The molecule has 0 aliphatic rings. The predicted octanol–water partition coefficient (Wildman–Crippen LogP) is 4.38. The van der Waals surface area contributed by atoms with Crippen LogP contribution in [0, 0.1) is 5.82 Å².